The third-order valence-corrected chi connectivity index (χ3v) is 5.24. The number of aromatic nitrogens is 2. The van der Waals surface area contributed by atoms with E-state index < -0.39 is 0 Å². The van der Waals surface area contributed by atoms with Crippen molar-refractivity contribution in [1.82, 2.24) is 9.97 Å². The highest BCUT2D eigenvalue weighted by Crippen LogP contribution is 2.28. The summed E-state index contributed by atoms with van der Waals surface area (Å²) < 4.78 is 0. The number of hydrogen-bond donors (Lipinski definition) is 2. The lowest BCUT2D eigenvalue weighted by atomic mass is 10.1. The standard InChI is InChI=1S/C20H23N5OS/c1-3-6-14(4-2)20-24-17(13-27-20)19(26)23-16-11-22-9-8-18(16)25-10-5-7-15(21)12-25/h3-4,6,8-9,11,13,15H,1-2,5,7,10,12,21H2,(H,23,26)/b14-6+. The van der Waals surface area contributed by atoms with Crippen molar-refractivity contribution in [1.29, 1.82) is 0 Å². The van der Waals surface area contributed by atoms with Crippen LogP contribution in [-0.4, -0.2) is 35.0 Å². The second-order valence-electron chi connectivity index (χ2n) is 6.30. The van der Waals surface area contributed by atoms with Gasteiger partial charge in [0.15, 0.2) is 0 Å². The molecule has 2 aromatic heterocycles. The Morgan fingerprint density at radius 1 is 1.44 bits per heavy atom. The SMILES string of the molecule is C=C/C=C(\C=C)c1nc(C(=O)Nc2cnccc2N2CCCC(N)C2)cs1. The van der Waals surface area contributed by atoms with Gasteiger partial charge >= 0.3 is 0 Å². The Labute approximate surface area is 163 Å². The average Bonchev–Trinajstić information content (AvgIpc) is 3.16. The molecule has 1 aliphatic heterocycles. The van der Waals surface area contributed by atoms with E-state index in [9.17, 15) is 4.79 Å². The van der Waals surface area contributed by atoms with Gasteiger partial charge in [-0.05, 0) is 18.9 Å². The van der Waals surface area contributed by atoms with Crippen LogP contribution in [0.15, 0.2) is 55.2 Å². The zero-order chi connectivity index (χ0) is 19.2. The van der Waals surface area contributed by atoms with Gasteiger partial charge in [-0.25, -0.2) is 4.98 Å². The number of nitrogens with one attached hydrogen (secondary N) is 1. The van der Waals surface area contributed by atoms with Gasteiger partial charge in [0, 0.05) is 36.3 Å². The average molecular weight is 382 g/mol. The summed E-state index contributed by atoms with van der Waals surface area (Å²) in [6, 6.07) is 2.05. The molecule has 6 nitrogen and oxygen atoms in total. The fraction of sp³-hybridized carbons (Fsp3) is 0.250. The maximum Gasteiger partial charge on any atom is 0.275 e. The molecule has 1 amide bonds. The van der Waals surface area contributed by atoms with E-state index in [1.807, 2.05) is 12.1 Å². The van der Waals surface area contributed by atoms with Crippen molar-refractivity contribution < 1.29 is 4.79 Å². The van der Waals surface area contributed by atoms with Crippen molar-refractivity contribution in [3.8, 4) is 0 Å². The molecule has 3 heterocycles. The van der Waals surface area contributed by atoms with Crippen LogP contribution in [0.5, 0.6) is 0 Å². The highest BCUT2D eigenvalue weighted by Gasteiger charge is 2.21. The molecule has 7 heteroatoms. The maximum absolute atomic E-state index is 12.7. The summed E-state index contributed by atoms with van der Waals surface area (Å²) in [5.41, 5.74) is 8.89. The van der Waals surface area contributed by atoms with Gasteiger partial charge < -0.3 is 16.0 Å². The molecule has 0 radical (unpaired) electrons. The molecule has 0 aliphatic carbocycles. The van der Waals surface area contributed by atoms with Crippen LogP contribution in [-0.2, 0) is 0 Å². The summed E-state index contributed by atoms with van der Waals surface area (Å²) in [6.45, 7) is 9.14. The lowest BCUT2D eigenvalue weighted by Crippen LogP contribution is -2.43. The van der Waals surface area contributed by atoms with Crippen molar-refractivity contribution in [2.75, 3.05) is 23.3 Å². The molecule has 2 aromatic rings. The molecule has 3 rings (SSSR count). The third kappa shape index (κ3) is 4.50. The summed E-state index contributed by atoms with van der Waals surface area (Å²) in [4.78, 5) is 23.5. The fourth-order valence-electron chi connectivity index (χ4n) is 3.04. The normalized spacial score (nSPS) is 17.4. The summed E-state index contributed by atoms with van der Waals surface area (Å²) in [5.74, 6) is -0.268. The van der Waals surface area contributed by atoms with E-state index in [1.54, 1.807) is 29.9 Å². The van der Waals surface area contributed by atoms with Crippen molar-refractivity contribution in [2.45, 2.75) is 18.9 Å². The lowest BCUT2D eigenvalue weighted by Gasteiger charge is -2.33. The molecular weight excluding hydrogens is 358 g/mol. The number of amides is 1. The number of nitrogens with two attached hydrogens (primary N) is 1. The molecule has 1 unspecified atom stereocenters. The summed E-state index contributed by atoms with van der Waals surface area (Å²) in [6.07, 6.45) is 10.6. The van der Waals surface area contributed by atoms with Crippen LogP contribution in [0.2, 0.25) is 0 Å². The molecule has 0 aromatic carbocycles. The molecule has 1 saturated heterocycles. The van der Waals surface area contributed by atoms with Gasteiger partial charge in [-0.15, -0.1) is 11.3 Å². The molecule has 3 N–H and O–H groups in total. The van der Waals surface area contributed by atoms with Crippen LogP contribution in [0, 0.1) is 0 Å². The van der Waals surface area contributed by atoms with Gasteiger partial charge in [-0.1, -0.05) is 31.4 Å². The Morgan fingerprint density at radius 3 is 3.04 bits per heavy atom. The Hall–Kier alpha value is -2.77. The van der Waals surface area contributed by atoms with Crippen molar-refractivity contribution in [3.63, 3.8) is 0 Å². The molecule has 0 saturated carbocycles. The predicted molar refractivity (Wildman–Crippen MR) is 112 cm³/mol. The van der Waals surface area contributed by atoms with E-state index in [2.05, 4.69) is 33.3 Å². The number of pyridine rings is 1. The first kappa shape index (κ1) is 19.0. The Bertz CT molecular complexity index is 873. The minimum atomic E-state index is -0.268. The van der Waals surface area contributed by atoms with Gasteiger partial charge in [0.05, 0.1) is 17.6 Å². The number of thiazole rings is 1. The smallest absolute Gasteiger partial charge is 0.275 e. The number of carbonyl (C=O) groups excluding carboxylic acids is 1. The number of anilines is 2. The van der Waals surface area contributed by atoms with E-state index in [0.717, 1.165) is 42.2 Å². The van der Waals surface area contributed by atoms with Gasteiger partial charge in [0.1, 0.15) is 10.7 Å². The van der Waals surface area contributed by atoms with Gasteiger partial charge in [0.25, 0.3) is 5.91 Å². The largest absolute Gasteiger partial charge is 0.368 e. The monoisotopic (exact) mass is 381 g/mol. The highest BCUT2D eigenvalue weighted by molar-refractivity contribution is 7.11. The number of nitrogens with zero attached hydrogens (tertiary/aromatic N) is 3. The van der Waals surface area contributed by atoms with Crippen LogP contribution < -0.4 is 16.0 Å². The van der Waals surface area contributed by atoms with Gasteiger partial charge in [-0.3, -0.25) is 9.78 Å². The number of piperidine rings is 1. The molecule has 0 bridgehead atoms. The van der Waals surface area contributed by atoms with E-state index in [0.29, 0.717) is 11.4 Å². The minimum absolute atomic E-state index is 0.144. The highest BCUT2D eigenvalue weighted by atomic mass is 32.1. The number of hydrogen-bond acceptors (Lipinski definition) is 6. The summed E-state index contributed by atoms with van der Waals surface area (Å²) >= 11 is 1.39. The Kier molecular flexibility index (Phi) is 6.16. The molecular formula is C20H23N5OS. The van der Waals surface area contributed by atoms with Crippen LogP contribution in [0.1, 0.15) is 28.3 Å². The lowest BCUT2D eigenvalue weighted by molar-refractivity contribution is 0.102. The Balaban J connectivity index is 1.79. The first-order valence-corrected chi connectivity index (χ1v) is 9.67. The Morgan fingerprint density at radius 2 is 2.30 bits per heavy atom. The maximum atomic E-state index is 12.7. The topological polar surface area (TPSA) is 84.1 Å². The minimum Gasteiger partial charge on any atom is -0.368 e. The van der Waals surface area contributed by atoms with Crippen LogP contribution in [0.25, 0.3) is 5.57 Å². The second kappa shape index (κ2) is 8.75. The number of rotatable bonds is 6. The fourth-order valence-corrected chi connectivity index (χ4v) is 3.86. The van der Waals surface area contributed by atoms with E-state index in [4.69, 9.17) is 5.73 Å². The summed E-state index contributed by atoms with van der Waals surface area (Å²) in [5, 5.41) is 5.40. The van der Waals surface area contributed by atoms with E-state index in [1.165, 1.54) is 11.3 Å². The molecule has 1 fully saturated rings. The molecule has 1 aliphatic rings. The zero-order valence-corrected chi connectivity index (χ0v) is 15.9. The second-order valence-corrected chi connectivity index (χ2v) is 7.15. The van der Waals surface area contributed by atoms with Crippen molar-refractivity contribution in [3.05, 3.63) is 65.9 Å². The zero-order valence-electron chi connectivity index (χ0n) is 15.1. The van der Waals surface area contributed by atoms with E-state index >= 15 is 0 Å². The molecule has 27 heavy (non-hydrogen) atoms. The molecule has 0 spiro atoms. The number of allylic oxidation sites excluding steroid dienone is 4. The van der Waals surface area contributed by atoms with Crippen molar-refractivity contribution >= 4 is 34.2 Å². The van der Waals surface area contributed by atoms with Gasteiger partial charge in [0.2, 0.25) is 0 Å². The van der Waals surface area contributed by atoms with Crippen LogP contribution >= 0.6 is 11.3 Å². The van der Waals surface area contributed by atoms with Gasteiger partial charge in [-0.2, -0.15) is 0 Å². The van der Waals surface area contributed by atoms with E-state index in [-0.39, 0.29) is 11.9 Å². The van der Waals surface area contributed by atoms with Crippen molar-refractivity contribution in [2.24, 2.45) is 5.73 Å². The molecule has 1 atom stereocenters. The number of carbonyl (C=O) groups is 1. The quantitative estimate of drug-likeness (QED) is 0.749. The third-order valence-electron chi connectivity index (χ3n) is 4.35. The van der Waals surface area contributed by atoms with Crippen LogP contribution in [0.4, 0.5) is 11.4 Å². The first-order valence-electron chi connectivity index (χ1n) is 8.79. The summed E-state index contributed by atoms with van der Waals surface area (Å²) in [7, 11) is 0. The molecule has 140 valence electrons. The van der Waals surface area contributed by atoms with Crippen LogP contribution in [0.3, 0.4) is 0 Å². The first-order chi connectivity index (χ1) is 13.1. The predicted octanol–water partition coefficient (Wildman–Crippen LogP) is 3.47.